The second-order valence-corrected chi connectivity index (χ2v) is 32.0. The first-order valence-electron chi connectivity index (χ1n) is 37.6. The van der Waals surface area contributed by atoms with Crippen LogP contribution >= 0.6 is 0 Å². The lowest BCUT2D eigenvalue weighted by molar-refractivity contribution is -0.284. The minimum Gasteiger partial charge on any atom is -0.457 e. The Kier molecular flexibility index (Phi) is 28.1. The number of aryl methyl sites for hydroxylation is 2. The highest BCUT2D eigenvalue weighted by atomic mass is 16.7. The Bertz CT molecular complexity index is 3400. The summed E-state index contributed by atoms with van der Waals surface area (Å²) in [6.45, 7) is 41.6. The van der Waals surface area contributed by atoms with Crippen LogP contribution in [-0.4, -0.2) is 151 Å². The summed E-state index contributed by atoms with van der Waals surface area (Å²) in [6.07, 6.45) is 3.91. The zero-order valence-corrected chi connectivity index (χ0v) is 64.9. The molecular formula is C80H120N4O18. The van der Waals surface area contributed by atoms with Gasteiger partial charge in [-0.15, -0.1) is 0 Å². The molecule has 4 saturated heterocycles. The van der Waals surface area contributed by atoms with Crippen LogP contribution in [0.5, 0.6) is 0 Å². The molecule has 22 heteroatoms. The monoisotopic (exact) mass is 1420 g/mol. The molecule has 2 aromatic heterocycles. The number of hydrogen-bond acceptors (Lipinski definition) is 20. The Morgan fingerprint density at radius 1 is 0.667 bits per heavy atom. The van der Waals surface area contributed by atoms with E-state index >= 15 is 0 Å². The van der Waals surface area contributed by atoms with Gasteiger partial charge in [0, 0.05) is 72.5 Å². The standard InChI is InChI=1S/C45H66N2O10.C35H54N2O8/c1-12-35-45(13-2)39(47(43(52)56-45)21-15-14-16-33-23-34(46-57-33)32-19-17-25(3)18-20-32)29(7)36(48)27(5)24-44(10,11)40(30(8)38(50)31(9)41(51)54-35)55-42-37(49)26(4)22-28(6)53-42;1-12-27-35(13-2,45-33(41)37-15-14-36-19-37)18-22(5)28(38)21(4)17-34(10,11)30(25(8)29(39)26(9)31(40)43-27)44-32-24(7)20(3)16-23(6)42-32/h17-20,23,26-31,35,37,39-40,42,49H,12-16,21-22,24H2,1-11H3;14-15,18-21,23-27,30,32H,12-13,16-17H2,1-11H3/b;22-18+/t26-,27+,28+,29-,30-,31+,35+,37+,39+,40+,42-,45+;20-,21+,23+,24+,25-,26+,27+,30+,32-,35-/m00/s1. The van der Waals surface area contributed by atoms with Gasteiger partial charge in [0.1, 0.15) is 53.7 Å². The number of carbonyl (C=O) groups excluding carboxylic acids is 8. The molecule has 4 fully saturated rings. The summed E-state index contributed by atoms with van der Waals surface area (Å²) < 4.78 is 57.0. The Balaban J connectivity index is 0.000000294. The number of esters is 2. The van der Waals surface area contributed by atoms with Crippen LogP contribution in [0.25, 0.3) is 11.3 Å². The first-order chi connectivity index (χ1) is 47.8. The summed E-state index contributed by atoms with van der Waals surface area (Å²) in [7, 11) is 0. The van der Waals surface area contributed by atoms with E-state index in [0.29, 0.717) is 63.0 Å². The number of hydrogen-bond donors (Lipinski definition) is 1. The summed E-state index contributed by atoms with van der Waals surface area (Å²) in [5, 5.41) is 15.4. The molecule has 0 spiro atoms. The van der Waals surface area contributed by atoms with Crippen LogP contribution in [0.3, 0.4) is 0 Å². The molecule has 102 heavy (non-hydrogen) atoms. The van der Waals surface area contributed by atoms with Crippen molar-refractivity contribution in [1.82, 2.24) is 19.6 Å². The third kappa shape index (κ3) is 18.6. The Morgan fingerprint density at radius 3 is 1.76 bits per heavy atom. The van der Waals surface area contributed by atoms with Gasteiger partial charge in [0.15, 0.2) is 41.1 Å². The number of ether oxygens (including phenoxy) is 8. The first-order valence-corrected chi connectivity index (χ1v) is 37.6. The number of aliphatic hydroxyl groups is 1. The number of rotatable bonds is 15. The summed E-state index contributed by atoms with van der Waals surface area (Å²) in [6, 6.07) is 9.28. The average molecular weight is 1430 g/mol. The topological polar surface area (TPSA) is 278 Å². The van der Waals surface area contributed by atoms with Crippen molar-refractivity contribution in [3.05, 3.63) is 72.0 Å². The molecule has 0 saturated carbocycles. The molecule has 5 aliphatic rings. The molecule has 22 atom stereocenters. The number of aliphatic hydroxyl groups excluding tert-OH is 1. The number of cyclic esters (lactones) is 2. The predicted octanol–water partition coefficient (Wildman–Crippen LogP) is 14.4. The largest absolute Gasteiger partial charge is 0.457 e. The summed E-state index contributed by atoms with van der Waals surface area (Å²) in [5.74, 6) is -6.69. The number of carbonyl (C=O) groups is 8. The fourth-order valence-corrected chi connectivity index (χ4v) is 16.9. The number of aromatic nitrogens is 3. The Labute approximate surface area is 605 Å². The molecule has 1 aromatic carbocycles. The molecule has 1 amide bonds. The summed E-state index contributed by atoms with van der Waals surface area (Å²) in [5.41, 5.74) is -0.954. The van der Waals surface area contributed by atoms with E-state index in [4.69, 9.17) is 42.4 Å². The lowest BCUT2D eigenvalue weighted by Crippen LogP contribution is -2.59. The zero-order valence-electron chi connectivity index (χ0n) is 64.9. The van der Waals surface area contributed by atoms with Crippen molar-refractivity contribution < 1.29 is 85.9 Å². The molecule has 568 valence electrons. The second kappa shape index (κ2) is 34.6. The number of allylic oxidation sites excluding steroid dienone is 1. The third-order valence-electron chi connectivity index (χ3n) is 22.9. The number of benzene rings is 1. The van der Waals surface area contributed by atoms with E-state index in [1.807, 2.05) is 120 Å². The van der Waals surface area contributed by atoms with E-state index in [1.54, 1.807) is 52.5 Å². The van der Waals surface area contributed by atoms with Crippen LogP contribution in [0, 0.1) is 76.9 Å². The van der Waals surface area contributed by atoms with Gasteiger partial charge < -0.3 is 52.4 Å². The molecule has 8 rings (SSSR count). The molecule has 7 heterocycles. The van der Waals surface area contributed by atoms with Crippen LogP contribution in [0.1, 0.15) is 221 Å². The highest BCUT2D eigenvalue weighted by Crippen LogP contribution is 2.47. The maximum absolute atomic E-state index is 14.7. The second-order valence-electron chi connectivity index (χ2n) is 32.0. The van der Waals surface area contributed by atoms with E-state index in [0.717, 1.165) is 29.0 Å². The van der Waals surface area contributed by atoms with Crippen molar-refractivity contribution in [1.29, 1.82) is 0 Å². The fraction of sp³-hybridized carbons (Fsp3) is 0.725. The maximum Gasteiger partial charge on any atom is 0.420 e. The maximum atomic E-state index is 14.7. The minimum absolute atomic E-state index is 0.00343. The van der Waals surface area contributed by atoms with Crippen LogP contribution in [0.2, 0.25) is 0 Å². The van der Waals surface area contributed by atoms with Crippen molar-refractivity contribution in [3.63, 3.8) is 0 Å². The van der Waals surface area contributed by atoms with Crippen LogP contribution in [-0.2, 0) is 73.1 Å². The van der Waals surface area contributed by atoms with E-state index in [2.05, 4.69) is 24.0 Å². The molecule has 22 nitrogen and oxygen atoms in total. The molecule has 5 aliphatic heterocycles. The molecule has 3 aromatic rings. The van der Waals surface area contributed by atoms with Gasteiger partial charge in [0.05, 0.1) is 30.5 Å². The van der Waals surface area contributed by atoms with Crippen molar-refractivity contribution in [2.75, 3.05) is 6.54 Å². The average Bonchev–Trinajstić information content (AvgIpc) is 1.57. The highest BCUT2D eigenvalue weighted by Gasteiger charge is 2.62. The van der Waals surface area contributed by atoms with Gasteiger partial charge in [-0.25, -0.2) is 19.1 Å². The molecule has 0 radical (unpaired) electrons. The van der Waals surface area contributed by atoms with Crippen LogP contribution in [0.4, 0.5) is 9.59 Å². The van der Waals surface area contributed by atoms with Gasteiger partial charge in [-0.2, -0.15) is 0 Å². The van der Waals surface area contributed by atoms with Crippen molar-refractivity contribution in [2.24, 2.45) is 70.0 Å². The minimum atomic E-state index is -1.47. The normalized spacial score (nSPS) is 36.6. The van der Waals surface area contributed by atoms with Gasteiger partial charge >= 0.3 is 24.1 Å². The van der Waals surface area contributed by atoms with Crippen molar-refractivity contribution in [2.45, 2.75) is 296 Å². The molecule has 0 bridgehead atoms. The number of ketones is 4. The number of Topliss-reactive ketones (excluding diaryl/α,β-unsaturated/α-hetero) is 4. The van der Waals surface area contributed by atoms with Gasteiger partial charge in [0.2, 0.25) is 0 Å². The van der Waals surface area contributed by atoms with Crippen molar-refractivity contribution >= 4 is 47.3 Å². The zero-order chi connectivity index (χ0) is 75.8. The van der Waals surface area contributed by atoms with Crippen LogP contribution < -0.4 is 0 Å². The summed E-state index contributed by atoms with van der Waals surface area (Å²) >= 11 is 0. The number of unbranched alkanes of at least 4 members (excludes halogenated alkanes) is 1. The molecule has 0 aliphatic carbocycles. The van der Waals surface area contributed by atoms with E-state index < -0.39 is 137 Å². The lowest BCUT2D eigenvalue weighted by Gasteiger charge is -2.46. The number of amides is 1. The smallest absolute Gasteiger partial charge is 0.420 e. The predicted molar refractivity (Wildman–Crippen MR) is 383 cm³/mol. The quantitative estimate of drug-likeness (QED) is 0.0640. The number of imidazole rings is 1. The third-order valence-corrected chi connectivity index (χ3v) is 22.9. The molecular weight excluding hydrogens is 1300 g/mol. The Morgan fingerprint density at radius 2 is 1.22 bits per heavy atom. The van der Waals surface area contributed by atoms with E-state index in [-0.39, 0.29) is 66.4 Å². The highest BCUT2D eigenvalue weighted by molar-refractivity contribution is 6.01. The van der Waals surface area contributed by atoms with Gasteiger partial charge in [-0.1, -0.05) is 146 Å². The lowest BCUT2D eigenvalue weighted by atomic mass is 9.68. The Hall–Kier alpha value is -6.46. The number of fused-ring (bicyclic) bond motifs is 1. The SMILES string of the molecule is CC[C@H]1OC(=O)[C@H](C)C(=O)[C@H](C)[C@@H](O[C@@H]2O[C@H](C)C[C@H](C)[C@H]2C)C(C)(C)C[C@@H](C)C(=O)/C(C)=C/[C@]1(CC)OC(=O)n1ccnc1.CC[C@H]1OC(=O)[C@H](C)C(=O)[C@H](C)[C@@H](O[C@@H]2O[C@H](C)C[C@H](C)[C@H]2O)C(C)(C)C[C@@H](C)C(=O)[C@H](C)[C@H]2N(CCCCc3cc(-c4ccc(C)cc4)no3)C(=O)O[C@]12CC. The molecule has 1 N–H and O–H groups in total. The van der Waals surface area contributed by atoms with E-state index in [9.17, 15) is 43.5 Å². The fourth-order valence-electron chi connectivity index (χ4n) is 16.9. The summed E-state index contributed by atoms with van der Waals surface area (Å²) in [4.78, 5) is 117. The van der Waals surface area contributed by atoms with Gasteiger partial charge in [-0.05, 0) is 140 Å². The molecule has 0 unspecified atom stereocenters. The first kappa shape index (κ1) is 82.8. The van der Waals surface area contributed by atoms with Gasteiger partial charge in [-0.3, -0.25) is 28.8 Å². The van der Waals surface area contributed by atoms with Crippen molar-refractivity contribution in [3.8, 4) is 11.3 Å². The van der Waals surface area contributed by atoms with Gasteiger partial charge in [0.25, 0.3) is 0 Å². The number of nitrogens with zero attached hydrogens (tertiary/aromatic N) is 4. The van der Waals surface area contributed by atoms with E-state index in [1.165, 1.54) is 30.2 Å². The van der Waals surface area contributed by atoms with Crippen LogP contribution in [0.15, 0.2) is 65.2 Å².